The van der Waals surface area contributed by atoms with Crippen LogP contribution in [-0.2, 0) is 14.8 Å². The van der Waals surface area contributed by atoms with Crippen molar-refractivity contribution in [3.63, 3.8) is 0 Å². The molecule has 0 aliphatic carbocycles. The largest absolute Gasteiger partial charge is 0.494 e. The summed E-state index contributed by atoms with van der Waals surface area (Å²) in [6, 6.07) is 9.24. The lowest BCUT2D eigenvalue weighted by atomic mass is 10.2. The number of methoxy groups -OCH3 is 2. The zero-order valence-electron chi connectivity index (χ0n) is 23.8. The Hall–Kier alpha value is -3.52. The number of benzene rings is 1. The zero-order valence-corrected chi connectivity index (χ0v) is 25.6. The van der Waals surface area contributed by atoms with Gasteiger partial charge in [-0.1, -0.05) is 25.7 Å². The lowest BCUT2D eigenvalue weighted by Gasteiger charge is -2.33. The number of nitrogens with zero attached hydrogens (tertiary/aromatic N) is 5. The van der Waals surface area contributed by atoms with Crippen LogP contribution in [0.15, 0.2) is 41.0 Å². The van der Waals surface area contributed by atoms with E-state index in [4.69, 9.17) is 18.6 Å². The molecule has 1 aliphatic heterocycles. The van der Waals surface area contributed by atoms with E-state index in [1.807, 2.05) is 6.92 Å². The highest BCUT2D eigenvalue weighted by molar-refractivity contribution is 7.92. The number of cyclic esters (lactones) is 1. The van der Waals surface area contributed by atoms with E-state index in [9.17, 15) is 13.2 Å². The Morgan fingerprint density at radius 3 is 2.38 bits per heavy atom. The minimum Gasteiger partial charge on any atom is -0.494 e. The summed E-state index contributed by atoms with van der Waals surface area (Å²) in [5, 5.41) is 8.76. The summed E-state index contributed by atoms with van der Waals surface area (Å²) in [6.45, 7) is 8.90. The van der Waals surface area contributed by atoms with Gasteiger partial charge in [0.15, 0.2) is 5.76 Å². The molecular weight excluding hydrogens is 554 g/mol. The molecule has 0 radical (unpaired) electrons. The number of amides is 1. The summed E-state index contributed by atoms with van der Waals surface area (Å²) in [5.74, 6) is 1.29. The third-order valence-electron chi connectivity index (χ3n) is 6.75. The van der Waals surface area contributed by atoms with Gasteiger partial charge < -0.3 is 23.5 Å². The predicted octanol–water partition coefficient (Wildman–Crippen LogP) is 4.25. The number of para-hydroxylation sites is 1. The molecule has 1 fully saturated rings. The first-order chi connectivity index (χ1) is 19.0. The Morgan fingerprint density at radius 2 is 1.80 bits per heavy atom. The molecule has 0 saturated carbocycles. The van der Waals surface area contributed by atoms with Crippen molar-refractivity contribution < 1.29 is 31.8 Å². The monoisotopic (exact) mass is 591 g/mol. The average molecular weight is 592 g/mol. The first-order valence-corrected chi connectivity index (χ1v) is 18.4. The molecule has 0 spiro atoms. The van der Waals surface area contributed by atoms with Gasteiger partial charge in [0.25, 0.3) is 0 Å². The van der Waals surface area contributed by atoms with Crippen LogP contribution in [0.2, 0.25) is 25.7 Å². The van der Waals surface area contributed by atoms with Crippen molar-refractivity contribution in [2.24, 2.45) is 0 Å². The Labute approximate surface area is 235 Å². The molecule has 1 aliphatic rings. The molecule has 40 heavy (non-hydrogen) atoms. The van der Waals surface area contributed by atoms with Gasteiger partial charge in [0.05, 0.1) is 32.8 Å². The molecule has 3 aromatic rings. The fraction of sp³-hybridized carbons (Fsp3) is 0.500. The van der Waals surface area contributed by atoms with Crippen LogP contribution in [0.4, 0.5) is 10.7 Å². The normalized spacial score (nSPS) is 16.1. The maximum absolute atomic E-state index is 14.1. The number of ether oxygens (including phenoxy) is 3. The molecule has 1 saturated heterocycles. The van der Waals surface area contributed by atoms with Gasteiger partial charge in [-0.05, 0) is 37.2 Å². The number of hydrogen-bond donors (Lipinski definition) is 0. The molecule has 12 nitrogen and oxygen atoms in total. The van der Waals surface area contributed by atoms with Gasteiger partial charge in [0, 0.05) is 33.6 Å². The number of anilines is 1. The number of hydrogen-bond acceptors (Lipinski definition) is 9. The minimum atomic E-state index is -4.00. The fourth-order valence-corrected chi connectivity index (χ4v) is 6.87. The van der Waals surface area contributed by atoms with Gasteiger partial charge in [0.2, 0.25) is 21.8 Å². The predicted molar refractivity (Wildman–Crippen MR) is 154 cm³/mol. The quantitative estimate of drug-likeness (QED) is 0.284. The smallest absolute Gasteiger partial charge is 0.410 e. The topological polar surface area (TPSA) is 129 Å². The Morgan fingerprint density at radius 1 is 1.10 bits per heavy atom. The molecule has 0 bridgehead atoms. The van der Waals surface area contributed by atoms with Crippen LogP contribution in [0, 0.1) is 0 Å². The number of furan rings is 1. The van der Waals surface area contributed by atoms with E-state index in [2.05, 4.69) is 29.8 Å². The maximum Gasteiger partial charge on any atom is 0.410 e. The molecule has 218 valence electrons. The molecule has 14 heteroatoms. The van der Waals surface area contributed by atoms with Gasteiger partial charge in [-0.25, -0.2) is 17.5 Å². The van der Waals surface area contributed by atoms with Gasteiger partial charge in [-0.3, -0.25) is 4.57 Å². The Balaban J connectivity index is 1.86. The summed E-state index contributed by atoms with van der Waals surface area (Å²) in [4.78, 5) is 13.8. The minimum absolute atomic E-state index is 0.0110. The molecule has 0 N–H and O–H groups in total. The molecule has 1 atom stereocenters. The van der Waals surface area contributed by atoms with Crippen molar-refractivity contribution in [2.75, 3.05) is 44.0 Å². The second-order valence-corrected chi connectivity index (χ2v) is 18.4. The van der Waals surface area contributed by atoms with Gasteiger partial charge in [0.1, 0.15) is 17.2 Å². The molecule has 2 aromatic heterocycles. The Bertz CT molecular complexity index is 1400. The lowest BCUT2D eigenvalue weighted by Crippen LogP contribution is -2.48. The number of carbonyl (C=O) groups excluding carboxylic acids is 1. The highest BCUT2D eigenvalue weighted by Crippen LogP contribution is 2.39. The van der Waals surface area contributed by atoms with Crippen molar-refractivity contribution in [3.05, 3.63) is 36.6 Å². The van der Waals surface area contributed by atoms with Crippen LogP contribution in [0.1, 0.15) is 13.3 Å². The van der Waals surface area contributed by atoms with E-state index in [1.54, 1.807) is 34.9 Å². The van der Waals surface area contributed by atoms with Crippen molar-refractivity contribution in [3.8, 4) is 28.8 Å². The van der Waals surface area contributed by atoms with Crippen LogP contribution < -0.4 is 13.8 Å². The molecule has 1 aromatic carbocycles. The van der Waals surface area contributed by atoms with Crippen LogP contribution in [0.3, 0.4) is 0 Å². The maximum atomic E-state index is 14.1. The van der Waals surface area contributed by atoms with Gasteiger partial charge in [-0.15, -0.1) is 10.2 Å². The van der Waals surface area contributed by atoms with E-state index in [0.29, 0.717) is 42.0 Å². The fourth-order valence-electron chi connectivity index (χ4n) is 4.43. The number of sulfonamides is 1. The zero-order chi connectivity index (χ0) is 29.1. The van der Waals surface area contributed by atoms with Crippen LogP contribution in [0.25, 0.3) is 17.3 Å². The van der Waals surface area contributed by atoms with E-state index < -0.39 is 24.2 Å². The van der Waals surface area contributed by atoms with E-state index >= 15 is 0 Å². The molecule has 0 unspecified atom stereocenters. The van der Waals surface area contributed by atoms with Gasteiger partial charge in [-0.2, -0.15) is 0 Å². The number of rotatable bonds is 12. The van der Waals surface area contributed by atoms with Crippen molar-refractivity contribution in [1.29, 1.82) is 0 Å². The van der Waals surface area contributed by atoms with E-state index in [-0.39, 0.29) is 36.7 Å². The molecule has 4 rings (SSSR count). The van der Waals surface area contributed by atoms with Crippen LogP contribution >= 0.6 is 0 Å². The third kappa shape index (κ3) is 6.27. The van der Waals surface area contributed by atoms with Crippen molar-refractivity contribution in [1.82, 2.24) is 19.7 Å². The third-order valence-corrected chi connectivity index (χ3v) is 10.2. The van der Waals surface area contributed by atoms with E-state index in [0.717, 1.165) is 0 Å². The summed E-state index contributed by atoms with van der Waals surface area (Å²) >= 11 is 0. The lowest BCUT2D eigenvalue weighted by molar-refractivity contribution is 0.0520. The highest BCUT2D eigenvalue weighted by Gasteiger charge is 2.35. The molecule has 3 heterocycles. The Kier molecular flexibility index (Phi) is 8.78. The first-order valence-electron chi connectivity index (χ1n) is 13.1. The summed E-state index contributed by atoms with van der Waals surface area (Å²) in [7, 11) is -2.66. The van der Waals surface area contributed by atoms with Gasteiger partial charge >= 0.3 is 6.09 Å². The number of carbonyl (C=O) groups is 1. The van der Waals surface area contributed by atoms with E-state index in [1.165, 1.54) is 29.7 Å². The van der Waals surface area contributed by atoms with Crippen molar-refractivity contribution in [2.45, 2.75) is 45.1 Å². The van der Waals surface area contributed by atoms with Crippen molar-refractivity contribution >= 4 is 30.1 Å². The average Bonchev–Trinajstić information content (AvgIpc) is 3.57. The van der Waals surface area contributed by atoms with Crippen LogP contribution in [0.5, 0.6) is 11.5 Å². The molecule has 1 amide bonds. The summed E-state index contributed by atoms with van der Waals surface area (Å²) < 4.78 is 53.2. The highest BCUT2D eigenvalue weighted by atomic mass is 32.2. The molecular formula is C26H37N5O7SSi. The summed E-state index contributed by atoms with van der Waals surface area (Å²) in [5.41, 5.74) is 0.431. The summed E-state index contributed by atoms with van der Waals surface area (Å²) in [6.07, 6.45) is 1.63. The SMILES string of the molecule is COc1cccc(OC)c1-n1c(-c2ccco2)nnc1N(CC[Si](C)(C)C)S(=O)(=O)CCN1C(=O)OCC[C@@H]1C. The number of aromatic nitrogens is 3. The second-order valence-electron chi connectivity index (χ2n) is 10.8. The standard InChI is InChI=1S/C26H37N5O7SSi/c1-19-12-16-38-26(32)29(19)13-17-39(33,34)30(14-18-40(4,5)6)25-28-27-24(22-11-8-15-37-22)31(25)23-20(35-2)9-7-10-21(23)36-3/h7-11,15,19H,12-14,16-18H2,1-6H3/t19-/m0/s1. The second kappa shape index (κ2) is 11.9. The first kappa shape index (κ1) is 29.5. The van der Waals surface area contributed by atoms with Crippen LogP contribution in [-0.4, -0.2) is 88.0 Å².